The standard InChI is InChI=1S/C13H23F3N4O/c14-13(15,16)11(12(17)18-21)9-19-7-4-10(8-19)20-5-2-1-3-6-20/h10-11,21H,1-9H2,(H2,17,18). The van der Waals surface area contributed by atoms with E-state index in [1.807, 2.05) is 0 Å². The van der Waals surface area contributed by atoms with Crippen LogP contribution >= 0.6 is 0 Å². The van der Waals surface area contributed by atoms with Crippen LogP contribution in [0.1, 0.15) is 25.7 Å². The molecule has 0 saturated carbocycles. The average Bonchev–Trinajstić information content (AvgIpc) is 2.92. The van der Waals surface area contributed by atoms with Crippen molar-refractivity contribution in [2.75, 3.05) is 32.7 Å². The van der Waals surface area contributed by atoms with Gasteiger partial charge in [0.25, 0.3) is 0 Å². The monoisotopic (exact) mass is 308 g/mol. The molecule has 0 spiro atoms. The van der Waals surface area contributed by atoms with Crippen LogP contribution in [0.2, 0.25) is 0 Å². The first-order chi connectivity index (χ1) is 9.91. The van der Waals surface area contributed by atoms with Gasteiger partial charge >= 0.3 is 6.18 Å². The van der Waals surface area contributed by atoms with E-state index in [2.05, 4.69) is 10.1 Å². The van der Waals surface area contributed by atoms with Crippen molar-refractivity contribution in [3.63, 3.8) is 0 Å². The summed E-state index contributed by atoms with van der Waals surface area (Å²) in [4.78, 5) is 4.16. The Balaban J connectivity index is 1.91. The molecule has 0 bridgehead atoms. The fraction of sp³-hybridized carbons (Fsp3) is 0.923. The molecule has 2 saturated heterocycles. The minimum Gasteiger partial charge on any atom is -0.409 e. The molecule has 2 unspecified atom stereocenters. The lowest BCUT2D eigenvalue weighted by Gasteiger charge is -2.32. The molecule has 3 N–H and O–H groups in total. The first-order valence-corrected chi connectivity index (χ1v) is 7.42. The van der Waals surface area contributed by atoms with Crippen LogP contribution in [0.3, 0.4) is 0 Å². The van der Waals surface area contributed by atoms with Crippen LogP contribution in [-0.2, 0) is 0 Å². The number of amidine groups is 1. The Hall–Kier alpha value is -1.02. The second-order valence-corrected chi connectivity index (χ2v) is 5.92. The largest absolute Gasteiger partial charge is 0.409 e. The molecular weight excluding hydrogens is 285 g/mol. The number of oxime groups is 1. The number of piperidine rings is 1. The number of nitrogens with two attached hydrogens (primary N) is 1. The van der Waals surface area contributed by atoms with E-state index in [9.17, 15) is 13.2 Å². The smallest absolute Gasteiger partial charge is 0.400 e. The molecule has 2 aliphatic rings. The molecule has 0 aromatic rings. The number of hydrogen-bond acceptors (Lipinski definition) is 4. The zero-order valence-electron chi connectivity index (χ0n) is 12.0. The van der Waals surface area contributed by atoms with Crippen molar-refractivity contribution in [3.8, 4) is 0 Å². The van der Waals surface area contributed by atoms with Gasteiger partial charge in [-0.25, -0.2) is 0 Å². The summed E-state index contributed by atoms with van der Waals surface area (Å²) in [5, 5.41) is 11.1. The highest BCUT2D eigenvalue weighted by atomic mass is 19.4. The zero-order chi connectivity index (χ0) is 15.5. The van der Waals surface area contributed by atoms with Crippen LogP contribution in [0.4, 0.5) is 13.2 Å². The molecule has 2 atom stereocenters. The number of rotatable bonds is 4. The number of nitrogens with zero attached hydrogens (tertiary/aromatic N) is 3. The SMILES string of the molecule is NC(=NO)C(CN1CCC(N2CCCCC2)C1)C(F)(F)F. The Bertz CT molecular complexity index is 369. The molecule has 0 radical (unpaired) electrons. The van der Waals surface area contributed by atoms with Crippen LogP contribution in [0.15, 0.2) is 5.16 Å². The summed E-state index contributed by atoms with van der Waals surface area (Å²) in [6.45, 7) is 3.12. The van der Waals surface area contributed by atoms with Crippen molar-refractivity contribution in [1.29, 1.82) is 0 Å². The summed E-state index contributed by atoms with van der Waals surface area (Å²) in [6, 6.07) is 0.339. The van der Waals surface area contributed by atoms with Crippen molar-refractivity contribution in [2.45, 2.75) is 37.9 Å². The van der Waals surface area contributed by atoms with Crippen molar-refractivity contribution < 1.29 is 18.4 Å². The molecule has 0 aliphatic carbocycles. The summed E-state index contributed by atoms with van der Waals surface area (Å²) in [5.74, 6) is -2.66. The summed E-state index contributed by atoms with van der Waals surface area (Å²) >= 11 is 0. The molecule has 2 aliphatic heterocycles. The first-order valence-electron chi connectivity index (χ1n) is 7.42. The van der Waals surface area contributed by atoms with E-state index in [0.717, 1.165) is 19.5 Å². The molecule has 0 aromatic carbocycles. The van der Waals surface area contributed by atoms with E-state index >= 15 is 0 Å². The number of likely N-dealkylation sites (tertiary alicyclic amines) is 2. The van der Waals surface area contributed by atoms with E-state index in [0.29, 0.717) is 19.1 Å². The van der Waals surface area contributed by atoms with Crippen LogP contribution in [-0.4, -0.2) is 65.8 Å². The van der Waals surface area contributed by atoms with Gasteiger partial charge in [0.1, 0.15) is 5.92 Å². The van der Waals surface area contributed by atoms with Crippen molar-refractivity contribution in [1.82, 2.24) is 9.80 Å². The highest BCUT2D eigenvalue weighted by Crippen LogP contribution is 2.29. The molecule has 5 nitrogen and oxygen atoms in total. The lowest BCUT2D eigenvalue weighted by atomic mass is 10.1. The third-order valence-corrected chi connectivity index (χ3v) is 4.46. The van der Waals surface area contributed by atoms with Gasteiger partial charge in [0.15, 0.2) is 5.84 Å². The van der Waals surface area contributed by atoms with Gasteiger partial charge in [0.05, 0.1) is 0 Å². The molecule has 0 amide bonds. The van der Waals surface area contributed by atoms with Gasteiger partial charge in [-0.15, -0.1) is 0 Å². The van der Waals surface area contributed by atoms with E-state index < -0.39 is 17.9 Å². The van der Waals surface area contributed by atoms with Gasteiger partial charge < -0.3 is 15.8 Å². The van der Waals surface area contributed by atoms with Crippen LogP contribution < -0.4 is 5.73 Å². The maximum absolute atomic E-state index is 13.0. The Kier molecular flexibility index (Phi) is 5.32. The van der Waals surface area contributed by atoms with Gasteiger partial charge in [0, 0.05) is 19.1 Å². The van der Waals surface area contributed by atoms with Gasteiger partial charge in [0.2, 0.25) is 0 Å². The molecule has 21 heavy (non-hydrogen) atoms. The maximum atomic E-state index is 13.0. The van der Waals surface area contributed by atoms with E-state index in [4.69, 9.17) is 10.9 Å². The number of halogens is 3. The number of alkyl halides is 3. The van der Waals surface area contributed by atoms with E-state index in [1.54, 1.807) is 4.90 Å². The van der Waals surface area contributed by atoms with Gasteiger partial charge in [-0.2, -0.15) is 13.2 Å². The van der Waals surface area contributed by atoms with Crippen LogP contribution in [0.5, 0.6) is 0 Å². The molecule has 122 valence electrons. The van der Waals surface area contributed by atoms with Gasteiger partial charge in [-0.1, -0.05) is 11.6 Å². The van der Waals surface area contributed by atoms with E-state index in [-0.39, 0.29) is 6.54 Å². The fourth-order valence-electron chi connectivity index (χ4n) is 3.25. The average molecular weight is 308 g/mol. The highest BCUT2D eigenvalue weighted by Gasteiger charge is 2.44. The predicted molar refractivity (Wildman–Crippen MR) is 73.2 cm³/mol. The second kappa shape index (κ2) is 6.83. The van der Waals surface area contributed by atoms with Gasteiger partial charge in [-0.3, -0.25) is 4.90 Å². The lowest BCUT2D eigenvalue weighted by Crippen LogP contribution is -2.45. The van der Waals surface area contributed by atoms with E-state index in [1.165, 1.54) is 19.3 Å². The molecule has 2 fully saturated rings. The lowest BCUT2D eigenvalue weighted by molar-refractivity contribution is -0.159. The molecular formula is C13H23F3N4O. The Morgan fingerprint density at radius 1 is 1.24 bits per heavy atom. The van der Waals surface area contributed by atoms with Crippen molar-refractivity contribution >= 4 is 5.84 Å². The quantitative estimate of drug-likeness (QED) is 0.357. The topological polar surface area (TPSA) is 65.1 Å². The van der Waals surface area contributed by atoms with Crippen molar-refractivity contribution in [2.24, 2.45) is 16.8 Å². The third-order valence-electron chi connectivity index (χ3n) is 4.46. The van der Waals surface area contributed by atoms with Crippen molar-refractivity contribution in [3.05, 3.63) is 0 Å². The molecule has 8 heteroatoms. The summed E-state index contributed by atoms with van der Waals surface area (Å²) < 4.78 is 38.9. The zero-order valence-corrected chi connectivity index (χ0v) is 12.0. The van der Waals surface area contributed by atoms with Crippen LogP contribution in [0.25, 0.3) is 0 Å². The Labute approximate surface area is 122 Å². The molecule has 2 rings (SSSR count). The predicted octanol–water partition coefficient (Wildman–Crippen LogP) is 1.47. The molecule has 2 heterocycles. The summed E-state index contributed by atoms with van der Waals surface area (Å²) in [7, 11) is 0. The minimum atomic E-state index is -4.49. The Morgan fingerprint density at radius 3 is 2.48 bits per heavy atom. The van der Waals surface area contributed by atoms with Gasteiger partial charge in [-0.05, 0) is 38.9 Å². The minimum absolute atomic E-state index is 0.232. The number of hydrogen-bond donors (Lipinski definition) is 2. The maximum Gasteiger partial charge on any atom is 0.400 e. The molecule has 0 aromatic heterocycles. The van der Waals surface area contributed by atoms with Crippen LogP contribution in [0, 0.1) is 5.92 Å². The normalized spacial score (nSPS) is 28.0. The summed E-state index contributed by atoms with van der Waals surface area (Å²) in [5.41, 5.74) is 5.20. The highest BCUT2D eigenvalue weighted by molar-refractivity contribution is 5.83. The fourth-order valence-corrected chi connectivity index (χ4v) is 3.25. The first kappa shape index (κ1) is 16.4. The second-order valence-electron chi connectivity index (χ2n) is 5.92. The third kappa shape index (κ3) is 4.23. The summed E-state index contributed by atoms with van der Waals surface area (Å²) in [6.07, 6.45) is -0.00948. The Morgan fingerprint density at radius 2 is 1.90 bits per heavy atom.